The van der Waals surface area contributed by atoms with Crippen LogP contribution in [0.1, 0.15) is 40.5 Å². The molecule has 17 heavy (non-hydrogen) atoms. The zero-order valence-corrected chi connectivity index (χ0v) is 12.1. The largest absolute Gasteiger partial charge is 0.393 e. The van der Waals surface area contributed by atoms with Gasteiger partial charge in [-0.3, -0.25) is 4.79 Å². The zero-order valence-electron chi connectivity index (χ0n) is 11.3. The highest BCUT2D eigenvalue weighted by atomic mass is 32.1. The van der Waals surface area contributed by atoms with Gasteiger partial charge < -0.3 is 10.6 Å². The van der Waals surface area contributed by atoms with E-state index in [1.54, 1.807) is 0 Å². The monoisotopic (exact) mass is 256 g/mol. The second-order valence-electron chi connectivity index (χ2n) is 5.65. The maximum absolute atomic E-state index is 12.5. The summed E-state index contributed by atoms with van der Waals surface area (Å²) in [4.78, 5) is 14.8. The average molecular weight is 256 g/mol. The predicted molar refractivity (Wildman–Crippen MR) is 74.7 cm³/mol. The lowest BCUT2D eigenvalue weighted by atomic mass is 9.93. The van der Waals surface area contributed by atoms with Crippen molar-refractivity contribution in [3.8, 4) is 0 Å². The van der Waals surface area contributed by atoms with Crippen LogP contribution < -0.4 is 5.73 Å². The second kappa shape index (κ2) is 5.80. The smallest absolute Gasteiger partial charge is 0.233 e. The van der Waals surface area contributed by atoms with E-state index in [0.717, 1.165) is 6.54 Å². The molecule has 1 fully saturated rings. The Labute approximate surface area is 110 Å². The van der Waals surface area contributed by atoms with Crippen molar-refractivity contribution >= 4 is 23.1 Å². The number of hydrogen-bond donors (Lipinski definition) is 1. The van der Waals surface area contributed by atoms with Gasteiger partial charge in [-0.25, -0.2) is 0 Å². The number of hydrogen-bond acceptors (Lipinski definition) is 2. The van der Waals surface area contributed by atoms with Gasteiger partial charge in [0.2, 0.25) is 5.91 Å². The number of thiocarbonyl (C=S) groups is 1. The van der Waals surface area contributed by atoms with Crippen LogP contribution in [0, 0.1) is 17.8 Å². The highest BCUT2D eigenvalue weighted by Gasteiger charge is 2.34. The first-order valence-electron chi connectivity index (χ1n) is 6.44. The fourth-order valence-electron chi connectivity index (χ4n) is 2.05. The number of rotatable bonds is 6. The van der Waals surface area contributed by atoms with Gasteiger partial charge in [0.25, 0.3) is 0 Å². The highest BCUT2D eigenvalue weighted by Crippen LogP contribution is 2.31. The number of carbonyl (C=O) groups excluding carboxylic acids is 1. The maximum Gasteiger partial charge on any atom is 0.233 e. The summed E-state index contributed by atoms with van der Waals surface area (Å²) in [6, 6.07) is 0.221. The Kier molecular flexibility index (Phi) is 4.92. The quantitative estimate of drug-likeness (QED) is 0.741. The molecule has 4 heteroatoms. The molecule has 0 aromatic carbocycles. The molecule has 0 aliphatic heterocycles. The SMILES string of the molecule is CC(C)C(C(=O)N(CC1CC1)C(C)C)C(N)=S. The first kappa shape index (κ1) is 14.4. The molecule has 0 radical (unpaired) electrons. The molecule has 1 aliphatic carbocycles. The summed E-state index contributed by atoms with van der Waals surface area (Å²) in [6.45, 7) is 8.96. The van der Waals surface area contributed by atoms with Crippen LogP contribution >= 0.6 is 12.2 Å². The van der Waals surface area contributed by atoms with Crippen molar-refractivity contribution in [2.75, 3.05) is 6.54 Å². The molecule has 0 aromatic heterocycles. The lowest BCUT2D eigenvalue weighted by Crippen LogP contribution is -2.47. The van der Waals surface area contributed by atoms with Crippen LogP contribution in [-0.4, -0.2) is 28.4 Å². The lowest BCUT2D eigenvalue weighted by Gasteiger charge is -2.32. The normalized spacial score (nSPS) is 17.3. The minimum Gasteiger partial charge on any atom is -0.393 e. The summed E-state index contributed by atoms with van der Waals surface area (Å²) in [5.74, 6) is 0.654. The van der Waals surface area contributed by atoms with Crippen LogP contribution in [0.15, 0.2) is 0 Å². The summed E-state index contributed by atoms with van der Waals surface area (Å²) in [5.41, 5.74) is 5.71. The Morgan fingerprint density at radius 3 is 2.18 bits per heavy atom. The molecule has 1 rings (SSSR count). The van der Waals surface area contributed by atoms with Gasteiger partial charge >= 0.3 is 0 Å². The molecule has 1 aliphatic rings. The number of carbonyl (C=O) groups is 1. The number of amides is 1. The number of nitrogens with zero attached hydrogens (tertiary/aromatic N) is 1. The zero-order chi connectivity index (χ0) is 13.2. The Morgan fingerprint density at radius 2 is 1.88 bits per heavy atom. The molecule has 98 valence electrons. The minimum atomic E-state index is -0.314. The van der Waals surface area contributed by atoms with Crippen LogP contribution in [0.2, 0.25) is 0 Å². The molecular formula is C13H24N2OS. The van der Waals surface area contributed by atoms with Crippen molar-refractivity contribution in [2.45, 2.75) is 46.6 Å². The van der Waals surface area contributed by atoms with Gasteiger partial charge in [-0.05, 0) is 38.5 Å². The van der Waals surface area contributed by atoms with E-state index in [1.165, 1.54) is 12.8 Å². The van der Waals surface area contributed by atoms with Gasteiger partial charge in [0.15, 0.2) is 0 Å². The molecule has 3 nitrogen and oxygen atoms in total. The molecule has 0 spiro atoms. The molecule has 0 heterocycles. The molecule has 1 unspecified atom stereocenters. The summed E-state index contributed by atoms with van der Waals surface area (Å²) in [7, 11) is 0. The van der Waals surface area contributed by atoms with Crippen molar-refractivity contribution in [3.05, 3.63) is 0 Å². The molecule has 1 saturated carbocycles. The van der Waals surface area contributed by atoms with Gasteiger partial charge in [0.1, 0.15) is 0 Å². The van der Waals surface area contributed by atoms with Crippen LogP contribution in [0.25, 0.3) is 0 Å². The number of nitrogens with two attached hydrogens (primary N) is 1. The summed E-state index contributed by atoms with van der Waals surface area (Å²) in [5, 5.41) is 0. The second-order valence-corrected chi connectivity index (χ2v) is 6.12. The highest BCUT2D eigenvalue weighted by molar-refractivity contribution is 7.80. The summed E-state index contributed by atoms with van der Waals surface area (Å²) in [6.07, 6.45) is 2.49. The predicted octanol–water partition coefficient (Wildman–Crippen LogP) is 2.19. The summed E-state index contributed by atoms with van der Waals surface area (Å²) < 4.78 is 0. The van der Waals surface area contributed by atoms with Crippen molar-refractivity contribution in [2.24, 2.45) is 23.5 Å². The van der Waals surface area contributed by atoms with Crippen molar-refractivity contribution in [3.63, 3.8) is 0 Å². The van der Waals surface area contributed by atoms with Gasteiger partial charge in [-0.1, -0.05) is 26.1 Å². The third kappa shape index (κ3) is 3.95. The molecule has 1 amide bonds. The van der Waals surface area contributed by atoms with E-state index in [4.69, 9.17) is 18.0 Å². The average Bonchev–Trinajstić information content (AvgIpc) is 2.95. The standard InChI is InChI=1S/C13H24N2OS/c1-8(2)11(12(14)17)13(16)15(9(3)4)7-10-5-6-10/h8-11H,5-7H2,1-4H3,(H2,14,17). The minimum absolute atomic E-state index is 0.106. The van der Waals surface area contributed by atoms with Gasteiger partial charge in [-0.2, -0.15) is 0 Å². The van der Waals surface area contributed by atoms with E-state index >= 15 is 0 Å². The van der Waals surface area contributed by atoms with E-state index in [-0.39, 0.29) is 23.8 Å². The third-order valence-electron chi connectivity index (χ3n) is 3.30. The summed E-state index contributed by atoms with van der Waals surface area (Å²) >= 11 is 5.03. The third-order valence-corrected chi connectivity index (χ3v) is 3.55. The molecule has 0 saturated heterocycles. The van der Waals surface area contributed by atoms with Gasteiger partial charge in [0.05, 0.1) is 10.9 Å². The molecule has 0 aromatic rings. The molecule has 2 N–H and O–H groups in total. The molecule has 0 bridgehead atoms. The maximum atomic E-state index is 12.5. The first-order chi connectivity index (χ1) is 7.84. The van der Waals surface area contributed by atoms with E-state index < -0.39 is 0 Å². The Morgan fingerprint density at radius 1 is 1.35 bits per heavy atom. The van der Waals surface area contributed by atoms with E-state index in [9.17, 15) is 4.79 Å². The fraction of sp³-hybridized carbons (Fsp3) is 0.846. The van der Waals surface area contributed by atoms with Crippen LogP contribution in [-0.2, 0) is 4.79 Å². The first-order valence-corrected chi connectivity index (χ1v) is 6.85. The molecule has 1 atom stereocenters. The van der Waals surface area contributed by atoms with Crippen LogP contribution in [0.4, 0.5) is 0 Å². The Hall–Kier alpha value is -0.640. The van der Waals surface area contributed by atoms with Crippen LogP contribution in [0.3, 0.4) is 0 Å². The van der Waals surface area contributed by atoms with E-state index in [0.29, 0.717) is 10.9 Å². The van der Waals surface area contributed by atoms with Crippen molar-refractivity contribution < 1.29 is 4.79 Å². The van der Waals surface area contributed by atoms with Crippen molar-refractivity contribution in [1.29, 1.82) is 0 Å². The van der Waals surface area contributed by atoms with Crippen molar-refractivity contribution in [1.82, 2.24) is 4.90 Å². The van der Waals surface area contributed by atoms with Gasteiger partial charge in [0, 0.05) is 12.6 Å². The Bertz CT molecular complexity index is 298. The van der Waals surface area contributed by atoms with Gasteiger partial charge in [-0.15, -0.1) is 0 Å². The fourth-order valence-corrected chi connectivity index (χ4v) is 2.42. The van der Waals surface area contributed by atoms with E-state index in [1.807, 2.05) is 18.7 Å². The molecular weight excluding hydrogens is 232 g/mol. The van der Waals surface area contributed by atoms with E-state index in [2.05, 4.69) is 13.8 Å². The van der Waals surface area contributed by atoms with Crippen LogP contribution in [0.5, 0.6) is 0 Å². The lowest BCUT2D eigenvalue weighted by molar-refractivity contribution is -0.136. The topological polar surface area (TPSA) is 46.3 Å². The Balaban J connectivity index is 2.76.